The molecule has 8 rings (SSSR count). The third kappa shape index (κ3) is 3.51. The van der Waals surface area contributed by atoms with Gasteiger partial charge in [-0.15, -0.1) is 0 Å². The molecule has 4 heteroatoms. The summed E-state index contributed by atoms with van der Waals surface area (Å²) < 4.78 is 4.65. The van der Waals surface area contributed by atoms with Gasteiger partial charge in [-0.1, -0.05) is 71.8 Å². The Bertz CT molecular complexity index is 2260. The lowest BCUT2D eigenvalue weighted by Gasteiger charge is -2.19. The quantitative estimate of drug-likeness (QED) is 0.225. The Morgan fingerprint density at radius 1 is 0.548 bits per heavy atom. The first kappa shape index (κ1) is 24.2. The van der Waals surface area contributed by atoms with Gasteiger partial charge in [-0.25, -0.2) is 0 Å². The molecule has 3 heterocycles. The molecule has 198 valence electrons. The second-order valence-corrected chi connectivity index (χ2v) is 11.0. The molecule has 5 aromatic carbocycles. The van der Waals surface area contributed by atoms with E-state index in [1.165, 1.54) is 32.7 Å². The number of benzene rings is 5. The van der Waals surface area contributed by atoms with Gasteiger partial charge in [0.25, 0.3) is 0 Å². The Morgan fingerprint density at radius 2 is 1.07 bits per heavy atom. The summed E-state index contributed by atoms with van der Waals surface area (Å²) in [6.45, 7) is 4.27. The van der Waals surface area contributed by atoms with Crippen molar-refractivity contribution < 1.29 is 0 Å². The average Bonchev–Trinajstić information content (AvgIpc) is 3.53. The molecule has 0 saturated carbocycles. The van der Waals surface area contributed by atoms with Crippen molar-refractivity contribution in [2.45, 2.75) is 13.8 Å². The number of pyridine rings is 1. The summed E-state index contributed by atoms with van der Waals surface area (Å²) in [5.74, 6) is 0. The Balaban J connectivity index is 1.57. The van der Waals surface area contributed by atoms with Crippen LogP contribution in [0.2, 0.25) is 0 Å². The smallest absolute Gasteiger partial charge is 0.0991 e. The monoisotopic (exact) mass is 538 g/mol. The van der Waals surface area contributed by atoms with Gasteiger partial charge in [0.2, 0.25) is 0 Å². The number of aromatic nitrogens is 3. The molecule has 0 saturated heterocycles. The van der Waals surface area contributed by atoms with Crippen LogP contribution in [-0.2, 0) is 0 Å². The zero-order chi connectivity index (χ0) is 28.4. The number of hydrogen-bond acceptors (Lipinski definition) is 2. The Kier molecular flexibility index (Phi) is 5.29. The molecule has 0 atom stereocenters. The van der Waals surface area contributed by atoms with Gasteiger partial charge in [0.05, 0.1) is 57.5 Å². The van der Waals surface area contributed by atoms with Crippen molar-refractivity contribution >= 4 is 43.6 Å². The number of fused-ring (bicyclic) bond motifs is 6. The van der Waals surface area contributed by atoms with E-state index in [-0.39, 0.29) is 0 Å². The SMILES string of the molecule is Cc1ccc2c(c1)c1ccccc1n2-c1cncc(-n2c3ccccc3c3cc(C)ccc32)c1-c1cccc(C#N)c1. The highest BCUT2D eigenvalue weighted by Gasteiger charge is 2.22. The van der Waals surface area contributed by atoms with Gasteiger partial charge < -0.3 is 9.13 Å². The van der Waals surface area contributed by atoms with Gasteiger partial charge in [-0.05, 0) is 67.9 Å². The van der Waals surface area contributed by atoms with Crippen LogP contribution in [0.3, 0.4) is 0 Å². The fourth-order valence-corrected chi connectivity index (χ4v) is 6.51. The normalized spacial score (nSPS) is 11.5. The largest absolute Gasteiger partial charge is 0.307 e. The lowest BCUT2D eigenvalue weighted by atomic mass is 10.0. The molecular weight excluding hydrogens is 512 g/mol. The number of hydrogen-bond donors (Lipinski definition) is 0. The Labute approximate surface area is 243 Å². The number of rotatable bonds is 3. The molecule has 3 aromatic heterocycles. The number of aryl methyl sites for hydroxylation is 2. The second kappa shape index (κ2) is 9.19. The molecule has 8 aromatic rings. The van der Waals surface area contributed by atoms with Gasteiger partial charge in [-0.2, -0.15) is 5.26 Å². The first-order chi connectivity index (χ1) is 20.6. The molecule has 0 amide bonds. The van der Waals surface area contributed by atoms with Crippen LogP contribution in [0.1, 0.15) is 16.7 Å². The highest BCUT2D eigenvalue weighted by Crippen LogP contribution is 2.41. The van der Waals surface area contributed by atoms with Crippen LogP contribution in [0.4, 0.5) is 0 Å². The molecule has 0 fully saturated rings. The van der Waals surface area contributed by atoms with Crippen LogP contribution in [0.15, 0.2) is 122 Å². The van der Waals surface area contributed by atoms with E-state index in [9.17, 15) is 5.26 Å². The van der Waals surface area contributed by atoms with Crippen LogP contribution in [0.5, 0.6) is 0 Å². The summed E-state index contributed by atoms with van der Waals surface area (Å²) in [5.41, 5.74) is 11.5. The maximum absolute atomic E-state index is 9.86. The van der Waals surface area contributed by atoms with Crippen molar-refractivity contribution in [3.05, 3.63) is 138 Å². The molecule has 0 bridgehead atoms. The minimum Gasteiger partial charge on any atom is -0.307 e. The minimum atomic E-state index is 0.622. The van der Waals surface area contributed by atoms with E-state index in [4.69, 9.17) is 4.98 Å². The number of para-hydroxylation sites is 2. The molecule has 0 N–H and O–H groups in total. The third-order valence-corrected chi connectivity index (χ3v) is 8.32. The van der Waals surface area contributed by atoms with E-state index in [2.05, 4.69) is 120 Å². The van der Waals surface area contributed by atoms with Crippen LogP contribution >= 0.6 is 0 Å². The summed E-state index contributed by atoms with van der Waals surface area (Å²) in [7, 11) is 0. The van der Waals surface area contributed by atoms with Crippen molar-refractivity contribution in [3.63, 3.8) is 0 Å². The summed E-state index contributed by atoms with van der Waals surface area (Å²) in [4.78, 5) is 4.88. The number of nitriles is 1. The van der Waals surface area contributed by atoms with Gasteiger partial charge in [-0.3, -0.25) is 4.98 Å². The van der Waals surface area contributed by atoms with Crippen molar-refractivity contribution in [2.24, 2.45) is 0 Å². The van der Waals surface area contributed by atoms with E-state index in [0.717, 1.165) is 44.6 Å². The van der Waals surface area contributed by atoms with E-state index < -0.39 is 0 Å². The van der Waals surface area contributed by atoms with Gasteiger partial charge >= 0.3 is 0 Å². The topological polar surface area (TPSA) is 46.5 Å². The van der Waals surface area contributed by atoms with Crippen LogP contribution in [0, 0.1) is 25.2 Å². The standard InChI is InChI=1S/C38H26N4/c1-24-14-16-34-30(18-24)28-10-3-5-12-32(28)41(34)36-22-40-23-37(38(36)27-9-7-8-26(20-27)21-39)42-33-13-6-4-11-29(33)31-19-25(2)15-17-35(31)42/h3-20,22-23H,1-2H3. The summed E-state index contributed by atoms with van der Waals surface area (Å²) >= 11 is 0. The van der Waals surface area contributed by atoms with Gasteiger partial charge in [0, 0.05) is 27.1 Å². The van der Waals surface area contributed by atoms with E-state index in [1.54, 1.807) is 0 Å². The third-order valence-electron chi connectivity index (χ3n) is 8.32. The molecule has 0 aliphatic rings. The zero-order valence-electron chi connectivity index (χ0n) is 23.3. The van der Waals surface area contributed by atoms with Crippen molar-refractivity contribution in [3.8, 4) is 28.6 Å². The minimum absolute atomic E-state index is 0.622. The van der Waals surface area contributed by atoms with E-state index >= 15 is 0 Å². The highest BCUT2D eigenvalue weighted by atomic mass is 15.0. The maximum atomic E-state index is 9.86. The van der Waals surface area contributed by atoms with Gasteiger partial charge in [0.15, 0.2) is 0 Å². The molecule has 0 unspecified atom stereocenters. The molecule has 42 heavy (non-hydrogen) atoms. The molecular formula is C38H26N4. The second-order valence-electron chi connectivity index (χ2n) is 11.0. The lowest BCUT2D eigenvalue weighted by molar-refractivity contribution is 1.09. The van der Waals surface area contributed by atoms with E-state index in [0.29, 0.717) is 5.56 Å². The first-order valence-corrected chi connectivity index (χ1v) is 14.1. The van der Waals surface area contributed by atoms with Crippen molar-refractivity contribution in [2.75, 3.05) is 0 Å². The average molecular weight is 539 g/mol. The molecule has 0 spiro atoms. The Hall–Kier alpha value is -5.66. The highest BCUT2D eigenvalue weighted by molar-refractivity contribution is 6.12. The fourth-order valence-electron chi connectivity index (χ4n) is 6.51. The van der Waals surface area contributed by atoms with Crippen molar-refractivity contribution in [1.29, 1.82) is 5.26 Å². The van der Waals surface area contributed by atoms with Crippen molar-refractivity contribution in [1.82, 2.24) is 14.1 Å². The molecule has 0 aliphatic heterocycles. The summed E-state index contributed by atoms with van der Waals surface area (Å²) in [5, 5.41) is 14.7. The predicted octanol–water partition coefficient (Wildman–Crippen LogP) is 9.43. The maximum Gasteiger partial charge on any atom is 0.0991 e. The molecule has 0 aliphatic carbocycles. The van der Waals surface area contributed by atoms with Crippen LogP contribution in [-0.4, -0.2) is 14.1 Å². The van der Waals surface area contributed by atoms with Crippen LogP contribution < -0.4 is 0 Å². The first-order valence-electron chi connectivity index (χ1n) is 14.1. The number of nitrogens with zero attached hydrogens (tertiary/aromatic N) is 4. The predicted molar refractivity (Wildman–Crippen MR) is 173 cm³/mol. The summed E-state index contributed by atoms with van der Waals surface area (Å²) in [6.07, 6.45) is 3.92. The summed E-state index contributed by atoms with van der Waals surface area (Å²) in [6, 6.07) is 40.6. The molecule has 4 nitrogen and oxygen atoms in total. The lowest BCUT2D eigenvalue weighted by Crippen LogP contribution is -2.05. The Morgan fingerprint density at radius 3 is 1.62 bits per heavy atom. The fraction of sp³-hybridized carbons (Fsp3) is 0.0526. The van der Waals surface area contributed by atoms with Crippen LogP contribution in [0.25, 0.3) is 66.1 Å². The zero-order valence-corrected chi connectivity index (χ0v) is 23.3. The van der Waals surface area contributed by atoms with E-state index in [1.807, 2.05) is 30.6 Å². The molecule has 0 radical (unpaired) electrons. The van der Waals surface area contributed by atoms with Gasteiger partial charge in [0.1, 0.15) is 0 Å².